The number of hydrogen-bond donors (Lipinski definition) is 2. The van der Waals surface area contributed by atoms with Gasteiger partial charge in [-0.25, -0.2) is 0 Å². The molecule has 1 aromatic heterocycles. The highest BCUT2D eigenvalue weighted by molar-refractivity contribution is 9.10. The van der Waals surface area contributed by atoms with Gasteiger partial charge in [-0.15, -0.1) is 0 Å². The first-order valence-electron chi connectivity index (χ1n) is 4.44. The highest BCUT2D eigenvalue weighted by Crippen LogP contribution is 2.23. The molecule has 0 saturated carbocycles. The Morgan fingerprint density at radius 1 is 1.40 bits per heavy atom. The molecule has 4 nitrogen and oxygen atoms in total. The van der Waals surface area contributed by atoms with Crippen molar-refractivity contribution in [3.8, 4) is 0 Å². The zero-order valence-corrected chi connectivity index (χ0v) is 9.49. The molecule has 3 N–H and O–H groups in total. The molecular formula is C10H10BrN3O. The van der Waals surface area contributed by atoms with Crippen molar-refractivity contribution < 1.29 is 4.52 Å². The maximum atomic E-state index is 5.80. The molecule has 0 aliphatic carbocycles. The number of hydrogen-bond acceptors (Lipinski definition) is 4. The standard InChI is InChI=1S/C10H10BrN3O/c11-7-1-2-9(12)10(5-7)13-6-8-3-4-14-15-8/h1-5,13H,6,12H2. The smallest absolute Gasteiger partial charge is 0.155 e. The van der Waals surface area contributed by atoms with Crippen LogP contribution >= 0.6 is 15.9 Å². The molecule has 0 unspecified atom stereocenters. The van der Waals surface area contributed by atoms with E-state index in [1.165, 1.54) is 0 Å². The van der Waals surface area contributed by atoms with E-state index in [-0.39, 0.29) is 0 Å². The predicted octanol–water partition coefficient (Wildman–Crippen LogP) is 2.63. The molecule has 15 heavy (non-hydrogen) atoms. The van der Waals surface area contributed by atoms with E-state index in [1.54, 1.807) is 12.3 Å². The zero-order valence-electron chi connectivity index (χ0n) is 7.90. The lowest BCUT2D eigenvalue weighted by atomic mass is 10.2. The van der Waals surface area contributed by atoms with Crippen LogP contribution in [0.5, 0.6) is 0 Å². The molecule has 0 fully saturated rings. The van der Waals surface area contributed by atoms with Crippen molar-refractivity contribution in [3.63, 3.8) is 0 Å². The quantitative estimate of drug-likeness (QED) is 0.840. The number of benzene rings is 1. The minimum absolute atomic E-state index is 0.570. The van der Waals surface area contributed by atoms with Crippen molar-refractivity contribution >= 4 is 27.3 Å². The maximum absolute atomic E-state index is 5.80. The van der Waals surface area contributed by atoms with E-state index in [9.17, 15) is 0 Å². The van der Waals surface area contributed by atoms with Crippen LogP contribution in [0.4, 0.5) is 11.4 Å². The number of nitrogens with one attached hydrogen (secondary N) is 1. The van der Waals surface area contributed by atoms with Gasteiger partial charge in [-0.2, -0.15) is 0 Å². The minimum Gasteiger partial charge on any atom is -0.397 e. The molecule has 2 rings (SSSR count). The summed E-state index contributed by atoms with van der Waals surface area (Å²) in [6.45, 7) is 0.570. The molecular weight excluding hydrogens is 258 g/mol. The van der Waals surface area contributed by atoms with Crippen LogP contribution in [-0.4, -0.2) is 5.16 Å². The fraction of sp³-hybridized carbons (Fsp3) is 0.100. The van der Waals surface area contributed by atoms with Crippen LogP contribution in [0.2, 0.25) is 0 Å². The number of nitrogens with two attached hydrogens (primary N) is 1. The van der Waals surface area contributed by atoms with Crippen molar-refractivity contribution in [2.45, 2.75) is 6.54 Å². The van der Waals surface area contributed by atoms with E-state index in [2.05, 4.69) is 26.4 Å². The van der Waals surface area contributed by atoms with Gasteiger partial charge < -0.3 is 15.6 Å². The van der Waals surface area contributed by atoms with E-state index >= 15 is 0 Å². The van der Waals surface area contributed by atoms with Gasteiger partial charge in [0.1, 0.15) is 0 Å². The van der Waals surface area contributed by atoms with Crippen LogP contribution in [0.1, 0.15) is 5.76 Å². The van der Waals surface area contributed by atoms with Gasteiger partial charge in [0.05, 0.1) is 24.1 Å². The van der Waals surface area contributed by atoms with Crippen LogP contribution in [0.3, 0.4) is 0 Å². The van der Waals surface area contributed by atoms with E-state index in [0.717, 1.165) is 15.9 Å². The Morgan fingerprint density at radius 3 is 3.00 bits per heavy atom. The maximum Gasteiger partial charge on any atom is 0.155 e. The summed E-state index contributed by atoms with van der Waals surface area (Å²) in [5.41, 5.74) is 7.38. The first kappa shape index (κ1) is 10.0. The van der Waals surface area contributed by atoms with Crippen molar-refractivity contribution in [1.29, 1.82) is 0 Å². The topological polar surface area (TPSA) is 64.1 Å². The molecule has 2 aromatic rings. The second-order valence-electron chi connectivity index (χ2n) is 3.06. The molecule has 0 bridgehead atoms. The average molecular weight is 268 g/mol. The molecule has 0 radical (unpaired) electrons. The molecule has 0 saturated heterocycles. The fourth-order valence-electron chi connectivity index (χ4n) is 1.20. The second kappa shape index (κ2) is 4.35. The van der Waals surface area contributed by atoms with Gasteiger partial charge in [0.15, 0.2) is 5.76 Å². The number of aromatic nitrogens is 1. The molecule has 0 spiro atoms. The van der Waals surface area contributed by atoms with Crippen molar-refractivity contribution in [3.05, 3.63) is 40.7 Å². The summed E-state index contributed by atoms with van der Waals surface area (Å²) >= 11 is 3.38. The largest absolute Gasteiger partial charge is 0.397 e. The molecule has 0 atom stereocenters. The SMILES string of the molecule is Nc1ccc(Br)cc1NCc1ccno1. The number of anilines is 2. The summed E-state index contributed by atoms with van der Waals surface area (Å²) in [6.07, 6.45) is 1.61. The zero-order chi connectivity index (χ0) is 10.7. The summed E-state index contributed by atoms with van der Waals surface area (Å²) in [4.78, 5) is 0. The summed E-state index contributed by atoms with van der Waals surface area (Å²) in [5, 5.41) is 6.79. The lowest BCUT2D eigenvalue weighted by Gasteiger charge is -2.07. The van der Waals surface area contributed by atoms with Gasteiger partial charge >= 0.3 is 0 Å². The van der Waals surface area contributed by atoms with Crippen molar-refractivity contribution in [1.82, 2.24) is 5.16 Å². The predicted molar refractivity (Wildman–Crippen MR) is 62.4 cm³/mol. The third kappa shape index (κ3) is 2.50. The molecule has 0 amide bonds. The van der Waals surface area contributed by atoms with Crippen LogP contribution in [0, 0.1) is 0 Å². The first-order valence-corrected chi connectivity index (χ1v) is 5.23. The van der Waals surface area contributed by atoms with Crippen LogP contribution in [0.15, 0.2) is 39.5 Å². The minimum atomic E-state index is 0.570. The molecule has 0 aliphatic heterocycles. The van der Waals surface area contributed by atoms with E-state index < -0.39 is 0 Å². The van der Waals surface area contributed by atoms with Gasteiger partial charge in [0.25, 0.3) is 0 Å². The summed E-state index contributed by atoms with van der Waals surface area (Å²) < 4.78 is 5.94. The Hall–Kier alpha value is -1.49. The average Bonchev–Trinajstić information content (AvgIpc) is 2.72. The van der Waals surface area contributed by atoms with E-state index in [1.807, 2.05) is 18.2 Å². The highest BCUT2D eigenvalue weighted by Gasteiger charge is 2.01. The second-order valence-corrected chi connectivity index (χ2v) is 3.98. The highest BCUT2D eigenvalue weighted by atomic mass is 79.9. The summed E-state index contributed by atoms with van der Waals surface area (Å²) in [7, 11) is 0. The third-order valence-electron chi connectivity index (χ3n) is 1.96. The summed E-state index contributed by atoms with van der Waals surface area (Å²) in [5.74, 6) is 0.773. The Bertz CT molecular complexity index is 442. The van der Waals surface area contributed by atoms with Crippen molar-refractivity contribution in [2.24, 2.45) is 0 Å². The molecule has 0 aliphatic rings. The molecule has 78 valence electrons. The van der Waals surface area contributed by atoms with Gasteiger partial charge in [0, 0.05) is 10.5 Å². The van der Waals surface area contributed by atoms with Crippen LogP contribution < -0.4 is 11.1 Å². The van der Waals surface area contributed by atoms with Crippen LogP contribution in [-0.2, 0) is 6.54 Å². The number of rotatable bonds is 3. The molecule has 5 heteroatoms. The Kier molecular flexibility index (Phi) is 2.91. The lowest BCUT2D eigenvalue weighted by Crippen LogP contribution is -2.01. The van der Waals surface area contributed by atoms with Gasteiger partial charge in [-0.1, -0.05) is 21.1 Å². The monoisotopic (exact) mass is 267 g/mol. The Morgan fingerprint density at radius 2 is 2.27 bits per heavy atom. The van der Waals surface area contributed by atoms with Gasteiger partial charge in [-0.3, -0.25) is 0 Å². The number of nitrogens with zero attached hydrogens (tertiary/aromatic N) is 1. The lowest BCUT2D eigenvalue weighted by molar-refractivity contribution is 0.388. The van der Waals surface area contributed by atoms with Crippen LogP contribution in [0.25, 0.3) is 0 Å². The Labute approximate surface area is 95.6 Å². The van der Waals surface area contributed by atoms with E-state index in [4.69, 9.17) is 10.3 Å². The number of nitrogen functional groups attached to an aromatic ring is 1. The van der Waals surface area contributed by atoms with E-state index in [0.29, 0.717) is 12.2 Å². The normalized spacial score (nSPS) is 10.2. The molecule has 1 heterocycles. The third-order valence-corrected chi connectivity index (χ3v) is 2.45. The van der Waals surface area contributed by atoms with Gasteiger partial charge in [0.2, 0.25) is 0 Å². The Balaban J connectivity index is 2.07. The number of halogens is 1. The van der Waals surface area contributed by atoms with Crippen molar-refractivity contribution in [2.75, 3.05) is 11.1 Å². The molecule has 1 aromatic carbocycles. The fourth-order valence-corrected chi connectivity index (χ4v) is 1.56. The van der Waals surface area contributed by atoms with Gasteiger partial charge in [-0.05, 0) is 18.2 Å². The summed E-state index contributed by atoms with van der Waals surface area (Å²) in [6, 6.07) is 7.47. The first-order chi connectivity index (χ1) is 7.25.